The molecule has 6 nitrogen and oxygen atoms in total. The minimum Gasteiger partial charge on any atom is -0.338 e. The number of rotatable bonds is 7. The summed E-state index contributed by atoms with van der Waals surface area (Å²) in [6, 6.07) is 15.8. The van der Waals surface area contributed by atoms with Gasteiger partial charge in [-0.3, -0.25) is 9.69 Å². The van der Waals surface area contributed by atoms with Crippen molar-refractivity contribution < 1.29 is 9.18 Å². The SMILES string of the molecule is O=C1C(=Cc2cccc(Cl)c2)SC(c2cccc(F)c2)N1CCCN1CCN(c2ncccn2)CC1. The maximum Gasteiger partial charge on any atom is 0.261 e. The van der Waals surface area contributed by atoms with Crippen molar-refractivity contribution >= 4 is 41.3 Å². The van der Waals surface area contributed by atoms with Crippen LogP contribution in [-0.2, 0) is 4.79 Å². The van der Waals surface area contributed by atoms with Gasteiger partial charge in [-0.2, -0.15) is 0 Å². The van der Waals surface area contributed by atoms with Gasteiger partial charge in [0.15, 0.2) is 0 Å². The second kappa shape index (κ2) is 11.4. The molecule has 0 N–H and O–H groups in total. The molecule has 0 bridgehead atoms. The number of amides is 1. The first-order valence-electron chi connectivity index (χ1n) is 12.0. The number of thioether (sulfide) groups is 1. The first-order chi connectivity index (χ1) is 17.6. The number of carbonyl (C=O) groups excluding carboxylic acids is 1. The van der Waals surface area contributed by atoms with E-state index in [4.69, 9.17) is 11.6 Å². The van der Waals surface area contributed by atoms with Crippen molar-refractivity contribution in [3.63, 3.8) is 0 Å². The van der Waals surface area contributed by atoms with Crippen molar-refractivity contribution in [2.24, 2.45) is 0 Å². The zero-order valence-corrected chi connectivity index (χ0v) is 21.3. The molecular weight excluding hydrogens is 497 g/mol. The van der Waals surface area contributed by atoms with Gasteiger partial charge >= 0.3 is 0 Å². The van der Waals surface area contributed by atoms with E-state index in [0.29, 0.717) is 16.5 Å². The number of hydrogen-bond acceptors (Lipinski definition) is 6. The standard InChI is InChI=1S/C27H27ClFN5OS/c28-22-7-1-5-20(17-22)18-24-25(35)34(26(36-24)21-6-2-8-23(29)19-21)12-4-11-32-13-15-33(16-14-32)27-30-9-3-10-31-27/h1-3,5-10,17-19,26H,4,11-16H2. The van der Waals surface area contributed by atoms with Crippen molar-refractivity contribution in [1.29, 1.82) is 0 Å². The maximum absolute atomic E-state index is 14.0. The Labute approximate surface area is 219 Å². The molecule has 0 radical (unpaired) electrons. The zero-order valence-electron chi connectivity index (χ0n) is 19.8. The third kappa shape index (κ3) is 5.88. The molecule has 3 heterocycles. The van der Waals surface area contributed by atoms with Crippen LogP contribution < -0.4 is 4.90 Å². The van der Waals surface area contributed by atoms with Gasteiger partial charge in [0.25, 0.3) is 5.91 Å². The van der Waals surface area contributed by atoms with Crippen molar-refractivity contribution in [1.82, 2.24) is 19.8 Å². The number of piperazine rings is 1. The highest BCUT2D eigenvalue weighted by Gasteiger charge is 2.37. The molecule has 5 rings (SSSR count). The van der Waals surface area contributed by atoms with Crippen molar-refractivity contribution in [3.8, 4) is 0 Å². The van der Waals surface area contributed by atoms with Crippen molar-refractivity contribution in [3.05, 3.63) is 93.9 Å². The van der Waals surface area contributed by atoms with Crippen LogP contribution in [0.5, 0.6) is 0 Å². The molecule has 0 saturated carbocycles. The Kier molecular flexibility index (Phi) is 7.84. The van der Waals surface area contributed by atoms with Crippen LogP contribution in [0.1, 0.15) is 22.9 Å². The maximum atomic E-state index is 14.0. The van der Waals surface area contributed by atoms with Gasteiger partial charge in [0, 0.05) is 50.1 Å². The molecule has 2 aliphatic rings. The third-order valence-corrected chi connectivity index (χ3v) is 7.89. The number of nitrogens with zero attached hydrogens (tertiary/aromatic N) is 5. The van der Waals surface area contributed by atoms with Crippen LogP contribution in [0, 0.1) is 5.82 Å². The van der Waals surface area contributed by atoms with Crippen molar-refractivity contribution in [2.75, 3.05) is 44.2 Å². The summed E-state index contributed by atoms with van der Waals surface area (Å²) in [6.45, 7) is 5.09. The predicted molar refractivity (Wildman–Crippen MR) is 143 cm³/mol. The average Bonchev–Trinajstić information content (AvgIpc) is 3.20. The van der Waals surface area contributed by atoms with Gasteiger partial charge in [-0.05, 0) is 60.5 Å². The summed E-state index contributed by atoms with van der Waals surface area (Å²) in [5.41, 5.74) is 1.66. The van der Waals surface area contributed by atoms with E-state index >= 15 is 0 Å². The first kappa shape index (κ1) is 24.7. The molecule has 0 aliphatic carbocycles. The molecule has 3 aromatic rings. The summed E-state index contributed by atoms with van der Waals surface area (Å²) in [6.07, 6.45) is 6.24. The second-order valence-electron chi connectivity index (χ2n) is 8.82. The third-order valence-electron chi connectivity index (χ3n) is 6.35. The number of hydrogen-bond donors (Lipinski definition) is 0. The normalized spacial score (nSPS) is 19.9. The lowest BCUT2D eigenvalue weighted by Gasteiger charge is -2.35. The molecule has 1 atom stereocenters. The Bertz CT molecular complexity index is 1240. The molecule has 9 heteroatoms. The monoisotopic (exact) mass is 523 g/mol. The highest BCUT2D eigenvalue weighted by molar-refractivity contribution is 8.04. The number of carbonyl (C=O) groups is 1. The van der Waals surface area contributed by atoms with E-state index in [1.165, 1.54) is 23.9 Å². The molecule has 1 unspecified atom stereocenters. The van der Waals surface area contributed by atoms with Gasteiger partial charge < -0.3 is 9.80 Å². The lowest BCUT2D eigenvalue weighted by molar-refractivity contribution is -0.126. The van der Waals surface area contributed by atoms with E-state index in [1.54, 1.807) is 18.5 Å². The largest absolute Gasteiger partial charge is 0.338 e. The fraction of sp³-hybridized carbons (Fsp3) is 0.296. The van der Waals surface area contributed by atoms with Crippen LogP contribution in [0.25, 0.3) is 6.08 Å². The fourth-order valence-corrected chi connectivity index (χ4v) is 6.02. The van der Waals surface area contributed by atoms with Gasteiger partial charge in [-0.1, -0.05) is 47.6 Å². The van der Waals surface area contributed by atoms with Crippen LogP contribution in [0.15, 0.2) is 71.9 Å². The quantitative estimate of drug-likeness (QED) is 0.402. The molecule has 2 fully saturated rings. The van der Waals surface area contributed by atoms with Gasteiger partial charge in [0.05, 0.1) is 4.91 Å². The molecule has 2 saturated heterocycles. The smallest absolute Gasteiger partial charge is 0.261 e. The first-order valence-corrected chi connectivity index (χ1v) is 13.3. The molecular formula is C27H27ClFN5OS. The van der Waals surface area contributed by atoms with Crippen LogP contribution in [0.4, 0.5) is 10.3 Å². The van der Waals surface area contributed by atoms with E-state index < -0.39 is 0 Å². The van der Waals surface area contributed by atoms with E-state index in [9.17, 15) is 9.18 Å². The highest BCUT2D eigenvalue weighted by atomic mass is 35.5. The van der Waals surface area contributed by atoms with E-state index in [2.05, 4.69) is 19.8 Å². The number of anilines is 1. The molecule has 0 spiro atoms. The Morgan fingerprint density at radius 1 is 1.00 bits per heavy atom. The molecule has 1 aromatic heterocycles. The summed E-state index contributed by atoms with van der Waals surface area (Å²) in [5.74, 6) is 0.446. The molecule has 2 aromatic carbocycles. The molecule has 1 amide bonds. The second-order valence-corrected chi connectivity index (χ2v) is 10.4. The minimum absolute atomic E-state index is 0.0275. The summed E-state index contributed by atoms with van der Waals surface area (Å²) >= 11 is 7.60. The Morgan fingerprint density at radius 2 is 1.78 bits per heavy atom. The lowest BCUT2D eigenvalue weighted by Crippen LogP contribution is -2.47. The zero-order chi connectivity index (χ0) is 24.9. The minimum atomic E-state index is -0.298. The van der Waals surface area contributed by atoms with Crippen LogP contribution >= 0.6 is 23.4 Å². The fourth-order valence-electron chi connectivity index (χ4n) is 4.54. The van der Waals surface area contributed by atoms with Crippen LogP contribution in [-0.4, -0.2) is 64.9 Å². The summed E-state index contributed by atoms with van der Waals surface area (Å²) < 4.78 is 14.0. The van der Waals surface area contributed by atoms with Gasteiger partial charge in [0.2, 0.25) is 5.95 Å². The number of halogens is 2. The molecule has 186 valence electrons. The number of aromatic nitrogens is 2. The lowest BCUT2D eigenvalue weighted by atomic mass is 10.1. The summed E-state index contributed by atoms with van der Waals surface area (Å²) in [4.78, 5) is 29.2. The van der Waals surface area contributed by atoms with Crippen molar-refractivity contribution in [2.45, 2.75) is 11.8 Å². The Hall–Kier alpha value is -2.94. The molecule has 36 heavy (non-hydrogen) atoms. The van der Waals surface area contributed by atoms with Gasteiger partial charge in [-0.15, -0.1) is 0 Å². The van der Waals surface area contributed by atoms with Gasteiger partial charge in [0.1, 0.15) is 11.2 Å². The Morgan fingerprint density at radius 3 is 2.53 bits per heavy atom. The van der Waals surface area contributed by atoms with Gasteiger partial charge in [-0.25, -0.2) is 14.4 Å². The summed E-state index contributed by atoms with van der Waals surface area (Å²) in [5, 5.41) is 0.364. The average molecular weight is 524 g/mol. The highest BCUT2D eigenvalue weighted by Crippen LogP contribution is 2.46. The molecule has 2 aliphatic heterocycles. The Balaban J connectivity index is 1.24. The van der Waals surface area contributed by atoms with E-state index in [1.807, 2.05) is 47.4 Å². The predicted octanol–water partition coefficient (Wildman–Crippen LogP) is 5.10. The van der Waals surface area contributed by atoms with Crippen LogP contribution in [0.3, 0.4) is 0 Å². The topological polar surface area (TPSA) is 52.6 Å². The van der Waals surface area contributed by atoms with E-state index in [-0.39, 0.29) is 17.1 Å². The van der Waals surface area contributed by atoms with E-state index in [0.717, 1.165) is 56.2 Å². The summed E-state index contributed by atoms with van der Waals surface area (Å²) in [7, 11) is 0. The van der Waals surface area contributed by atoms with Crippen LogP contribution in [0.2, 0.25) is 5.02 Å². The number of benzene rings is 2.